The fourth-order valence-corrected chi connectivity index (χ4v) is 2.07. The van der Waals surface area contributed by atoms with Crippen LogP contribution in [0.3, 0.4) is 0 Å². The number of nitrogen functional groups attached to an aromatic ring is 2. The number of anilines is 2. The molecule has 7 nitrogen and oxygen atoms in total. The highest BCUT2D eigenvalue weighted by Gasteiger charge is 2.05. The zero-order valence-corrected chi connectivity index (χ0v) is 9.78. The molecule has 0 radical (unpaired) electrons. The first-order valence-corrected chi connectivity index (χ1v) is 5.50. The molecule has 17 heavy (non-hydrogen) atoms. The van der Waals surface area contributed by atoms with Gasteiger partial charge in [-0.15, -0.1) is 0 Å². The molecule has 2 rings (SSSR count). The summed E-state index contributed by atoms with van der Waals surface area (Å²) in [5, 5.41) is 0.969. The van der Waals surface area contributed by atoms with Crippen molar-refractivity contribution in [2.45, 2.75) is 17.1 Å². The predicted octanol–water partition coefficient (Wildman–Crippen LogP) is 0.184. The maximum Gasteiger partial charge on any atom is 0.251 e. The Bertz CT molecular complexity index is 590. The molecular formula is C9H10N6OS. The van der Waals surface area contributed by atoms with Gasteiger partial charge in [-0.25, -0.2) is 9.97 Å². The van der Waals surface area contributed by atoms with E-state index in [0.29, 0.717) is 15.9 Å². The molecule has 0 aromatic carbocycles. The number of aryl methyl sites for hydroxylation is 1. The molecule has 0 unspecified atom stereocenters. The van der Waals surface area contributed by atoms with Gasteiger partial charge in [0.15, 0.2) is 5.16 Å². The number of nitrogens with one attached hydrogen (secondary N) is 1. The zero-order valence-electron chi connectivity index (χ0n) is 8.97. The number of aromatic nitrogens is 4. The van der Waals surface area contributed by atoms with E-state index in [9.17, 15) is 4.79 Å². The number of nitrogens with zero attached hydrogens (tertiary/aromatic N) is 3. The van der Waals surface area contributed by atoms with Crippen LogP contribution in [-0.2, 0) is 0 Å². The van der Waals surface area contributed by atoms with Crippen molar-refractivity contribution in [3.05, 3.63) is 28.2 Å². The molecule has 0 aliphatic rings. The summed E-state index contributed by atoms with van der Waals surface area (Å²) >= 11 is 1.17. The minimum atomic E-state index is -0.213. The van der Waals surface area contributed by atoms with Crippen LogP contribution in [0.4, 0.5) is 11.8 Å². The normalized spacial score (nSPS) is 10.4. The Kier molecular flexibility index (Phi) is 2.96. The number of rotatable bonds is 2. The molecule has 0 aliphatic heterocycles. The van der Waals surface area contributed by atoms with Gasteiger partial charge in [0.2, 0.25) is 5.95 Å². The summed E-state index contributed by atoms with van der Waals surface area (Å²) in [4.78, 5) is 25.7. The van der Waals surface area contributed by atoms with Gasteiger partial charge in [-0.05, 0) is 18.7 Å². The van der Waals surface area contributed by atoms with Crippen LogP contribution in [0.5, 0.6) is 0 Å². The summed E-state index contributed by atoms with van der Waals surface area (Å²) in [6, 6.07) is 2.97. The Morgan fingerprint density at radius 2 is 2.00 bits per heavy atom. The third-order valence-electron chi connectivity index (χ3n) is 1.79. The average Bonchev–Trinajstić information content (AvgIpc) is 2.13. The molecule has 0 saturated carbocycles. The number of H-pyrrole nitrogens is 1. The highest BCUT2D eigenvalue weighted by Crippen LogP contribution is 2.23. The minimum Gasteiger partial charge on any atom is -0.383 e. The first kappa shape index (κ1) is 11.4. The van der Waals surface area contributed by atoms with Gasteiger partial charge in [0, 0.05) is 17.8 Å². The molecular weight excluding hydrogens is 240 g/mol. The molecule has 88 valence electrons. The first-order valence-electron chi connectivity index (χ1n) is 4.69. The second kappa shape index (κ2) is 4.42. The van der Waals surface area contributed by atoms with Crippen LogP contribution in [0.15, 0.2) is 27.1 Å². The van der Waals surface area contributed by atoms with Gasteiger partial charge >= 0.3 is 0 Å². The lowest BCUT2D eigenvalue weighted by molar-refractivity contribution is 0.901. The van der Waals surface area contributed by atoms with E-state index in [4.69, 9.17) is 11.5 Å². The minimum absolute atomic E-state index is 0.0856. The van der Waals surface area contributed by atoms with Crippen LogP contribution in [0.25, 0.3) is 0 Å². The van der Waals surface area contributed by atoms with Gasteiger partial charge in [-0.1, -0.05) is 0 Å². The lowest BCUT2D eigenvalue weighted by Crippen LogP contribution is -2.08. The van der Waals surface area contributed by atoms with Crippen molar-refractivity contribution < 1.29 is 0 Å². The Morgan fingerprint density at radius 1 is 1.24 bits per heavy atom. The molecule has 0 saturated heterocycles. The molecule has 0 aliphatic carbocycles. The Balaban J connectivity index is 2.34. The molecule has 0 atom stereocenters. The summed E-state index contributed by atoms with van der Waals surface area (Å²) in [5.74, 6) is 0.359. The van der Waals surface area contributed by atoms with Crippen LogP contribution in [0.1, 0.15) is 5.69 Å². The van der Waals surface area contributed by atoms with Crippen LogP contribution < -0.4 is 17.0 Å². The van der Waals surface area contributed by atoms with Crippen LogP contribution in [0.2, 0.25) is 0 Å². The molecule has 2 aromatic rings. The molecule has 5 N–H and O–H groups in total. The lowest BCUT2D eigenvalue weighted by atomic mass is 10.5. The van der Waals surface area contributed by atoms with E-state index in [2.05, 4.69) is 19.9 Å². The van der Waals surface area contributed by atoms with Crippen molar-refractivity contribution in [1.29, 1.82) is 0 Å². The van der Waals surface area contributed by atoms with Gasteiger partial charge in [-0.3, -0.25) is 4.79 Å². The van der Waals surface area contributed by atoms with Crippen molar-refractivity contribution >= 4 is 23.5 Å². The SMILES string of the molecule is Cc1cc(=O)[nH]c(Sc2cc(N)nc(N)n2)n1. The van der Waals surface area contributed by atoms with Crippen molar-refractivity contribution in [3.63, 3.8) is 0 Å². The van der Waals surface area contributed by atoms with Crippen molar-refractivity contribution in [2.75, 3.05) is 11.5 Å². The summed E-state index contributed by atoms with van der Waals surface area (Å²) in [7, 11) is 0. The third-order valence-corrected chi connectivity index (χ3v) is 2.59. The van der Waals surface area contributed by atoms with E-state index in [1.807, 2.05) is 0 Å². The number of aromatic amines is 1. The predicted molar refractivity (Wildman–Crippen MR) is 64.6 cm³/mol. The lowest BCUT2D eigenvalue weighted by Gasteiger charge is -2.02. The van der Waals surface area contributed by atoms with Gasteiger partial charge in [0.05, 0.1) is 0 Å². The van der Waals surface area contributed by atoms with E-state index < -0.39 is 0 Å². The fourth-order valence-electron chi connectivity index (χ4n) is 1.21. The number of hydrogen-bond acceptors (Lipinski definition) is 7. The van der Waals surface area contributed by atoms with Gasteiger partial charge in [-0.2, -0.15) is 4.98 Å². The second-order valence-electron chi connectivity index (χ2n) is 3.28. The van der Waals surface area contributed by atoms with Crippen molar-refractivity contribution in [1.82, 2.24) is 19.9 Å². The summed E-state index contributed by atoms with van der Waals surface area (Å²) in [6.07, 6.45) is 0. The van der Waals surface area contributed by atoms with Crippen molar-refractivity contribution in [2.24, 2.45) is 0 Å². The molecule has 2 heterocycles. The maximum absolute atomic E-state index is 11.2. The zero-order chi connectivity index (χ0) is 12.4. The largest absolute Gasteiger partial charge is 0.383 e. The molecule has 0 bridgehead atoms. The Morgan fingerprint density at radius 3 is 2.65 bits per heavy atom. The quantitative estimate of drug-likeness (QED) is 0.513. The van der Waals surface area contributed by atoms with E-state index in [0.717, 1.165) is 0 Å². The summed E-state index contributed by atoms with van der Waals surface area (Å²) in [5.41, 5.74) is 11.4. The topological polar surface area (TPSA) is 124 Å². The number of nitrogens with two attached hydrogens (primary N) is 2. The standard InChI is InChI=1S/C9H10N6OS/c1-4-2-6(16)14-9(12-4)17-7-3-5(10)13-8(11)15-7/h2-3H,1H3,(H,12,14,16)(H4,10,11,13,15). The molecule has 8 heteroatoms. The molecule has 2 aromatic heterocycles. The first-order chi connectivity index (χ1) is 8.02. The fraction of sp³-hybridized carbons (Fsp3) is 0.111. The molecule has 0 spiro atoms. The smallest absolute Gasteiger partial charge is 0.251 e. The summed E-state index contributed by atoms with van der Waals surface area (Å²) in [6.45, 7) is 1.74. The highest BCUT2D eigenvalue weighted by atomic mass is 32.2. The van der Waals surface area contributed by atoms with E-state index in [1.165, 1.54) is 17.8 Å². The van der Waals surface area contributed by atoms with Crippen molar-refractivity contribution in [3.8, 4) is 0 Å². The average molecular weight is 250 g/mol. The Hall–Kier alpha value is -2.09. The second-order valence-corrected chi connectivity index (χ2v) is 4.29. The summed E-state index contributed by atoms with van der Waals surface area (Å²) < 4.78 is 0. The van der Waals surface area contributed by atoms with Gasteiger partial charge in [0.1, 0.15) is 10.8 Å². The van der Waals surface area contributed by atoms with Crippen LogP contribution in [-0.4, -0.2) is 19.9 Å². The third kappa shape index (κ3) is 2.94. The highest BCUT2D eigenvalue weighted by molar-refractivity contribution is 7.99. The van der Waals surface area contributed by atoms with Crippen LogP contribution in [0, 0.1) is 6.92 Å². The van der Waals surface area contributed by atoms with Gasteiger partial charge in [0.25, 0.3) is 5.56 Å². The molecule has 0 fully saturated rings. The van der Waals surface area contributed by atoms with E-state index in [-0.39, 0.29) is 17.3 Å². The Labute approximate surface area is 101 Å². The number of hydrogen-bond donors (Lipinski definition) is 3. The maximum atomic E-state index is 11.2. The monoisotopic (exact) mass is 250 g/mol. The van der Waals surface area contributed by atoms with Gasteiger partial charge < -0.3 is 16.5 Å². The van der Waals surface area contributed by atoms with E-state index in [1.54, 1.807) is 13.0 Å². The molecule has 0 amide bonds. The van der Waals surface area contributed by atoms with E-state index >= 15 is 0 Å². The van der Waals surface area contributed by atoms with Crippen LogP contribution >= 0.6 is 11.8 Å².